The summed E-state index contributed by atoms with van der Waals surface area (Å²) >= 11 is 0. The normalized spacial score (nSPS) is 13.7. The van der Waals surface area contributed by atoms with E-state index in [1.54, 1.807) is 26.4 Å². The summed E-state index contributed by atoms with van der Waals surface area (Å²) in [5.41, 5.74) is 10.7. The lowest BCUT2D eigenvalue weighted by Gasteiger charge is -2.24. The molecule has 14 heteroatoms. The van der Waals surface area contributed by atoms with Crippen LogP contribution in [0.5, 0.6) is 23.0 Å². The minimum atomic E-state index is -4.91. The summed E-state index contributed by atoms with van der Waals surface area (Å²) in [7, 11) is 7.89. The molecule has 3 rings (SSSR count). The van der Waals surface area contributed by atoms with Crippen molar-refractivity contribution in [1.82, 2.24) is 5.32 Å². The van der Waals surface area contributed by atoms with Crippen molar-refractivity contribution >= 4 is 18.3 Å². The number of hydrogen-bond acceptors (Lipinski definition) is 9. The van der Waals surface area contributed by atoms with E-state index in [4.69, 9.17) is 38.9 Å². The molecule has 2 unspecified atom stereocenters. The van der Waals surface area contributed by atoms with Gasteiger partial charge in [0.1, 0.15) is 29.8 Å². The Bertz CT molecular complexity index is 1210. The molecule has 0 bridgehead atoms. The summed E-state index contributed by atoms with van der Waals surface area (Å²) < 4.78 is 74.4. The number of rotatable bonds is 14. The molecule has 0 saturated heterocycles. The van der Waals surface area contributed by atoms with Crippen LogP contribution in [0.3, 0.4) is 0 Å². The Morgan fingerprint density at radius 2 is 1.51 bits per heavy atom. The quantitative estimate of drug-likeness (QED) is 0.221. The minimum absolute atomic E-state index is 0. The number of carbonyl (C=O) groups excluding carboxylic acids is 1. The van der Waals surface area contributed by atoms with Gasteiger partial charge in [-0.05, 0) is 68.9 Å². The molecule has 0 aliphatic carbocycles. The molecule has 2 atom stereocenters. The van der Waals surface area contributed by atoms with E-state index in [-0.39, 0.29) is 31.7 Å². The first-order chi connectivity index (χ1) is 20.9. The summed E-state index contributed by atoms with van der Waals surface area (Å²) in [6.45, 7) is 5.38. The van der Waals surface area contributed by atoms with Crippen LogP contribution < -0.4 is 30.0 Å². The van der Waals surface area contributed by atoms with E-state index in [0.717, 1.165) is 47.6 Å². The van der Waals surface area contributed by atoms with Gasteiger partial charge in [0.2, 0.25) is 0 Å². The first kappa shape index (κ1) is 40.1. The number of nitrogens with one attached hydrogen (secondary N) is 1. The second-order valence-corrected chi connectivity index (χ2v) is 10.3. The molecule has 0 saturated carbocycles. The van der Waals surface area contributed by atoms with Crippen LogP contribution in [0.2, 0.25) is 0 Å². The van der Waals surface area contributed by atoms with Crippen LogP contribution in [-0.2, 0) is 51.3 Å². The number of nitrogens with two attached hydrogens (primary N) is 1. The SMILES string of the molecule is COCOCCc1cc(OC)c(CC(C)NC(=O)C(F)(F)F)cc1OC.COc1cc(CC(C)N)c(OC)c2c1CCOC2.Cl. The Balaban J connectivity index is 0.000000466. The smallest absolute Gasteiger partial charge is 0.471 e. The molecule has 2 aromatic rings. The van der Waals surface area contributed by atoms with Crippen molar-refractivity contribution in [3.05, 3.63) is 46.0 Å². The number of carbonyl (C=O) groups is 1. The second-order valence-electron chi connectivity index (χ2n) is 10.3. The maximum atomic E-state index is 12.4. The van der Waals surface area contributed by atoms with Crippen molar-refractivity contribution in [3.63, 3.8) is 0 Å². The molecule has 0 fully saturated rings. The number of alkyl halides is 3. The molecule has 2 aromatic carbocycles. The monoisotopic (exact) mass is 666 g/mol. The van der Waals surface area contributed by atoms with Crippen LogP contribution in [0.1, 0.15) is 41.7 Å². The first-order valence-electron chi connectivity index (χ1n) is 14.2. The number of methoxy groups -OCH3 is 5. The Morgan fingerprint density at radius 3 is 2.07 bits per heavy atom. The molecule has 10 nitrogen and oxygen atoms in total. The van der Waals surface area contributed by atoms with E-state index >= 15 is 0 Å². The van der Waals surface area contributed by atoms with Crippen LogP contribution in [0.4, 0.5) is 13.2 Å². The number of halogens is 4. The van der Waals surface area contributed by atoms with Gasteiger partial charge in [-0.2, -0.15) is 13.2 Å². The van der Waals surface area contributed by atoms with Gasteiger partial charge >= 0.3 is 12.1 Å². The summed E-state index contributed by atoms with van der Waals surface area (Å²) in [5.74, 6) is 0.923. The van der Waals surface area contributed by atoms with Crippen molar-refractivity contribution in [1.29, 1.82) is 0 Å². The third-order valence-corrected chi connectivity index (χ3v) is 6.80. The minimum Gasteiger partial charge on any atom is -0.496 e. The maximum absolute atomic E-state index is 12.4. The van der Waals surface area contributed by atoms with Crippen molar-refractivity contribution < 1.29 is 51.1 Å². The first-order valence-corrected chi connectivity index (χ1v) is 14.2. The molecule has 0 aromatic heterocycles. The molecule has 1 heterocycles. The molecular weight excluding hydrogens is 621 g/mol. The van der Waals surface area contributed by atoms with Gasteiger partial charge < -0.3 is 44.2 Å². The Morgan fingerprint density at radius 1 is 0.911 bits per heavy atom. The fraction of sp³-hybridized carbons (Fsp3) is 0.581. The highest BCUT2D eigenvalue weighted by Crippen LogP contribution is 2.38. The van der Waals surface area contributed by atoms with E-state index in [0.29, 0.717) is 36.7 Å². The van der Waals surface area contributed by atoms with Gasteiger partial charge in [0.25, 0.3) is 0 Å². The summed E-state index contributed by atoms with van der Waals surface area (Å²) in [5, 5.41) is 1.93. The zero-order valence-electron chi connectivity index (χ0n) is 26.9. The zero-order valence-corrected chi connectivity index (χ0v) is 27.7. The maximum Gasteiger partial charge on any atom is 0.471 e. The number of amides is 1. The number of benzene rings is 2. The highest BCUT2D eigenvalue weighted by Gasteiger charge is 2.39. The van der Waals surface area contributed by atoms with Crippen LogP contribution >= 0.6 is 12.4 Å². The van der Waals surface area contributed by atoms with Crippen molar-refractivity contribution in [3.8, 4) is 23.0 Å². The molecule has 45 heavy (non-hydrogen) atoms. The second kappa shape index (κ2) is 19.5. The van der Waals surface area contributed by atoms with Gasteiger partial charge in [-0.3, -0.25) is 4.79 Å². The standard InChI is InChI=1S/C17H24F3NO5.C14H21NO3.ClH/c1-11(21-16(22)17(18,19)20)7-13-9-14(24-3)12(8-15(13)25-4)5-6-26-10-23-2;1-9(15)6-10-7-13(16-2)11-4-5-18-8-12(11)14(10)17-3;/h8-9,11H,5-7,10H2,1-4H3,(H,21,22);7,9H,4-6,8,15H2,1-3H3;1H. The van der Waals surface area contributed by atoms with Crippen molar-refractivity contribution in [2.24, 2.45) is 5.73 Å². The van der Waals surface area contributed by atoms with E-state index < -0.39 is 18.1 Å². The van der Waals surface area contributed by atoms with Gasteiger partial charge in [0.05, 0.1) is 48.3 Å². The topological polar surface area (TPSA) is 120 Å². The Hall–Kier alpha value is -2.97. The highest BCUT2D eigenvalue weighted by molar-refractivity contribution is 5.85. The van der Waals surface area contributed by atoms with Gasteiger partial charge in [-0.15, -0.1) is 12.4 Å². The van der Waals surface area contributed by atoms with Gasteiger partial charge in [0, 0.05) is 35.9 Å². The lowest BCUT2D eigenvalue weighted by molar-refractivity contribution is -0.174. The van der Waals surface area contributed by atoms with E-state index in [9.17, 15) is 18.0 Å². The van der Waals surface area contributed by atoms with E-state index in [2.05, 4.69) is 0 Å². The fourth-order valence-electron chi connectivity index (χ4n) is 4.89. The van der Waals surface area contributed by atoms with Gasteiger partial charge in [-0.25, -0.2) is 0 Å². The molecule has 1 amide bonds. The fourth-order valence-corrected chi connectivity index (χ4v) is 4.89. The van der Waals surface area contributed by atoms with Crippen LogP contribution in [-0.4, -0.2) is 79.7 Å². The highest BCUT2D eigenvalue weighted by atomic mass is 35.5. The number of ether oxygens (including phenoxy) is 7. The molecule has 3 N–H and O–H groups in total. The summed E-state index contributed by atoms with van der Waals surface area (Å²) in [6, 6.07) is 4.85. The molecule has 1 aliphatic rings. The molecular formula is C31H46ClF3N2O8. The van der Waals surface area contributed by atoms with Crippen molar-refractivity contribution in [2.75, 3.05) is 55.6 Å². The van der Waals surface area contributed by atoms with Crippen LogP contribution in [0.15, 0.2) is 18.2 Å². The van der Waals surface area contributed by atoms with Crippen LogP contribution in [0.25, 0.3) is 0 Å². The predicted octanol–water partition coefficient (Wildman–Crippen LogP) is 4.56. The Kier molecular flexibility index (Phi) is 17.4. The largest absolute Gasteiger partial charge is 0.496 e. The third kappa shape index (κ3) is 12.0. The third-order valence-electron chi connectivity index (χ3n) is 6.80. The summed E-state index contributed by atoms with van der Waals surface area (Å²) in [6.07, 6.45) is -2.58. The molecule has 0 radical (unpaired) electrons. The predicted molar refractivity (Wildman–Crippen MR) is 166 cm³/mol. The van der Waals surface area contributed by atoms with E-state index in [1.165, 1.54) is 33.8 Å². The number of fused-ring (bicyclic) bond motifs is 1. The van der Waals surface area contributed by atoms with Gasteiger partial charge in [-0.1, -0.05) is 0 Å². The van der Waals surface area contributed by atoms with Crippen LogP contribution in [0, 0.1) is 0 Å². The lowest BCUT2D eigenvalue weighted by atomic mass is 9.95. The molecule has 1 aliphatic heterocycles. The molecule has 0 spiro atoms. The van der Waals surface area contributed by atoms with Crippen molar-refractivity contribution in [2.45, 2.75) is 64.4 Å². The van der Waals surface area contributed by atoms with Gasteiger partial charge in [0.15, 0.2) is 0 Å². The zero-order chi connectivity index (χ0) is 32.9. The van der Waals surface area contributed by atoms with E-state index in [1.807, 2.05) is 18.3 Å². The summed E-state index contributed by atoms with van der Waals surface area (Å²) in [4.78, 5) is 11.1. The average molecular weight is 667 g/mol. The lowest BCUT2D eigenvalue weighted by Crippen LogP contribution is -2.42. The Labute approximate surface area is 269 Å². The number of hydrogen-bond donors (Lipinski definition) is 2. The average Bonchev–Trinajstić information content (AvgIpc) is 2.98. The molecule has 256 valence electrons.